The van der Waals surface area contributed by atoms with Crippen LogP contribution in [0.1, 0.15) is 25.7 Å². The molecular weight excluding hydrogens is 370 g/mol. The number of carbonyl (C=O) groups is 1. The number of sulfonamides is 1. The Morgan fingerprint density at radius 3 is 2.44 bits per heavy atom. The Balaban J connectivity index is 1.42. The Morgan fingerprint density at radius 1 is 1.11 bits per heavy atom. The van der Waals surface area contributed by atoms with Crippen molar-refractivity contribution < 1.29 is 18.1 Å². The van der Waals surface area contributed by atoms with E-state index in [4.69, 9.17) is 0 Å². The summed E-state index contributed by atoms with van der Waals surface area (Å²) in [5, 5.41) is 10.9. The summed E-state index contributed by atoms with van der Waals surface area (Å²) in [6, 6.07) is 5.10. The van der Waals surface area contributed by atoms with Gasteiger partial charge in [0.25, 0.3) is 5.69 Å². The topological polar surface area (TPSA) is 101 Å². The molecule has 1 amide bonds. The zero-order valence-corrected chi connectivity index (χ0v) is 15.8. The Morgan fingerprint density at radius 2 is 1.85 bits per heavy atom. The second-order valence-corrected chi connectivity index (χ2v) is 9.70. The molecule has 27 heavy (non-hydrogen) atoms. The van der Waals surface area contributed by atoms with Gasteiger partial charge >= 0.3 is 0 Å². The zero-order chi connectivity index (χ0) is 19.2. The summed E-state index contributed by atoms with van der Waals surface area (Å²) in [6.07, 6.45) is 4.53. The van der Waals surface area contributed by atoms with Crippen LogP contribution in [0.15, 0.2) is 29.2 Å². The molecule has 0 radical (unpaired) electrons. The summed E-state index contributed by atoms with van der Waals surface area (Å²) in [5.41, 5.74) is -0.249. The van der Waals surface area contributed by atoms with Crippen molar-refractivity contribution in [3.8, 4) is 0 Å². The number of amides is 1. The molecule has 1 aromatic rings. The third-order valence-electron chi connectivity index (χ3n) is 6.27. The number of hydrogen-bond acceptors (Lipinski definition) is 5. The van der Waals surface area contributed by atoms with Crippen molar-refractivity contribution in [3.05, 3.63) is 34.4 Å². The highest BCUT2D eigenvalue weighted by atomic mass is 32.2. The molecule has 3 fully saturated rings. The van der Waals surface area contributed by atoms with Crippen LogP contribution in [0.2, 0.25) is 0 Å². The first-order valence-corrected chi connectivity index (χ1v) is 10.8. The minimum Gasteiger partial charge on any atom is -0.340 e. The van der Waals surface area contributed by atoms with Crippen molar-refractivity contribution in [1.29, 1.82) is 0 Å². The maximum Gasteiger partial charge on any atom is 0.270 e. The number of benzene rings is 1. The average Bonchev–Trinajstić information content (AvgIpc) is 3.31. The van der Waals surface area contributed by atoms with Crippen LogP contribution in [0.5, 0.6) is 0 Å². The molecule has 0 N–H and O–H groups in total. The van der Waals surface area contributed by atoms with E-state index in [0.717, 1.165) is 25.3 Å². The second-order valence-electron chi connectivity index (χ2n) is 7.77. The number of piperazine rings is 1. The number of hydrogen-bond donors (Lipinski definition) is 0. The van der Waals surface area contributed by atoms with Crippen molar-refractivity contribution in [3.63, 3.8) is 0 Å². The van der Waals surface area contributed by atoms with Crippen LogP contribution >= 0.6 is 0 Å². The van der Waals surface area contributed by atoms with Gasteiger partial charge in [0.05, 0.1) is 9.82 Å². The summed E-state index contributed by atoms with van der Waals surface area (Å²) < 4.78 is 26.9. The van der Waals surface area contributed by atoms with Crippen LogP contribution in [0.25, 0.3) is 0 Å². The van der Waals surface area contributed by atoms with Gasteiger partial charge in [0.1, 0.15) is 0 Å². The van der Waals surface area contributed by atoms with Crippen LogP contribution in [0.3, 0.4) is 0 Å². The van der Waals surface area contributed by atoms with Crippen LogP contribution in [0.4, 0.5) is 5.69 Å². The lowest BCUT2D eigenvalue weighted by atomic mass is 9.87. The number of rotatable bonds is 4. The van der Waals surface area contributed by atoms with Gasteiger partial charge in [0.15, 0.2) is 0 Å². The zero-order valence-electron chi connectivity index (χ0n) is 15.0. The fraction of sp³-hybridized carbons (Fsp3) is 0.611. The van der Waals surface area contributed by atoms with Crippen molar-refractivity contribution in [2.45, 2.75) is 30.6 Å². The largest absolute Gasteiger partial charge is 0.340 e. The Hall–Kier alpha value is -2.00. The summed E-state index contributed by atoms with van der Waals surface area (Å²) in [7, 11) is -3.80. The van der Waals surface area contributed by atoms with Gasteiger partial charge in [-0.1, -0.05) is 12.5 Å². The van der Waals surface area contributed by atoms with Gasteiger partial charge in [-0.3, -0.25) is 14.9 Å². The molecule has 3 unspecified atom stereocenters. The predicted octanol–water partition coefficient (Wildman–Crippen LogP) is 1.86. The number of nitro benzene ring substituents is 1. The molecule has 1 saturated heterocycles. The minimum absolute atomic E-state index is 0.0791. The molecule has 146 valence electrons. The third kappa shape index (κ3) is 3.34. The van der Waals surface area contributed by atoms with Gasteiger partial charge in [0.2, 0.25) is 15.9 Å². The van der Waals surface area contributed by atoms with E-state index in [-0.39, 0.29) is 35.5 Å². The number of nitrogens with zero attached hydrogens (tertiary/aromatic N) is 3. The summed E-state index contributed by atoms with van der Waals surface area (Å²) in [6.45, 7) is 1.19. The van der Waals surface area contributed by atoms with Gasteiger partial charge in [-0.25, -0.2) is 8.42 Å². The van der Waals surface area contributed by atoms with Crippen LogP contribution < -0.4 is 0 Å². The standard InChI is InChI=1S/C18H23N3O5S/c22-18(17-11-13-4-5-14(17)10-13)19-6-8-20(9-7-19)27(25,26)16-3-1-2-15(12-16)21(23)24/h1-3,12-14,17H,4-11H2. The molecular formula is C18H23N3O5S. The van der Waals surface area contributed by atoms with Crippen molar-refractivity contribution >= 4 is 21.6 Å². The van der Waals surface area contributed by atoms with Gasteiger partial charge in [-0.15, -0.1) is 0 Å². The first-order chi connectivity index (χ1) is 12.9. The van der Waals surface area contributed by atoms with Crippen LogP contribution in [0, 0.1) is 27.9 Å². The number of nitro groups is 1. The molecule has 8 nitrogen and oxygen atoms in total. The van der Waals surface area contributed by atoms with Gasteiger partial charge in [-0.05, 0) is 37.2 Å². The fourth-order valence-electron chi connectivity index (χ4n) is 4.84. The van der Waals surface area contributed by atoms with Crippen molar-refractivity contribution in [1.82, 2.24) is 9.21 Å². The SMILES string of the molecule is O=C(C1CC2CCC1C2)N1CCN(S(=O)(=O)c2cccc([N+](=O)[O-])c2)CC1. The maximum absolute atomic E-state index is 12.8. The lowest BCUT2D eigenvalue weighted by Crippen LogP contribution is -2.52. The lowest BCUT2D eigenvalue weighted by molar-refractivity contribution is -0.385. The quantitative estimate of drug-likeness (QED) is 0.574. The first kappa shape index (κ1) is 18.4. The summed E-state index contributed by atoms with van der Waals surface area (Å²) in [4.78, 5) is 24.8. The molecule has 2 bridgehead atoms. The van der Waals surface area contributed by atoms with E-state index in [1.165, 1.54) is 28.9 Å². The molecule has 0 aromatic heterocycles. The monoisotopic (exact) mass is 393 g/mol. The number of fused-ring (bicyclic) bond motifs is 2. The predicted molar refractivity (Wildman–Crippen MR) is 97.4 cm³/mol. The van der Waals surface area contributed by atoms with Crippen LogP contribution in [-0.2, 0) is 14.8 Å². The van der Waals surface area contributed by atoms with Crippen molar-refractivity contribution in [2.24, 2.45) is 17.8 Å². The van der Waals surface area contributed by atoms with E-state index in [1.54, 1.807) is 4.90 Å². The molecule has 1 heterocycles. The maximum atomic E-state index is 12.8. The van der Waals surface area contributed by atoms with E-state index >= 15 is 0 Å². The first-order valence-electron chi connectivity index (χ1n) is 9.39. The van der Waals surface area contributed by atoms with Gasteiger partial charge in [0, 0.05) is 44.2 Å². The van der Waals surface area contributed by atoms with E-state index in [1.807, 2.05) is 0 Å². The lowest BCUT2D eigenvalue weighted by Gasteiger charge is -2.36. The van der Waals surface area contributed by atoms with Gasteiger partial charge in [-0.2, -0.15) is 4.31 Å². The molecule has 2 saturated carbocycles. The highest BCUT2D eigenvalue weighted by Gasteiger charge is 2.45. The van der Waals surface area contributed by atoms with E-state index in [0.29, 0.717) is 24.9 Å². The average molecular weight is 393 g/mol. The third-order valence-corrected chi connectivity index (χ3v) is 8.17. The smallest absolute Gasteiger partial charge is 0.270 e. The fourth-order valence-corrected chi connectivity index (χ4v) is 6.30. The highest BCUT2D eigenvalue weighted by molar-refractivity contribution is 7.89. The van der Waals surface area contributed by atoms with Gasteiger partial charge < -0.3 is 4.90 Å². The number of non-ortho nitro benzene ring substituents is 1. The van der Waals surface area contributed by atoms with E-state index < -0.39 is 14.9 Å². The molecule has 3 aliphatic rings. The Labute approximate surface area is 158 Å². The summed E-state index contributed by atoms with van der Waals surface area (Å²) >= 11 is 0. The molecule has 2 aliphatic carbocycles. The second kappa shape index (κ2) is 6.87. The summed E-state index contributed by atoms with van der Waals surface area (Å²) in [5.74, 6) is 1.49. The molecule has 1 aromatic carbocycles. The Bertz CT molecular complexity index is 864. The molecule has 9 heteroatoms. The molecule has 3 atom stereocenters. The van der Waals surface area contributed by atoms with Crippen LogP contribution in [-0.4, -0.2) is 54.6 Å². The molecule has 4 rings (SSSR count). The highest BCUT2D eigenvalue weighted by Crippen LogP contribution is 2.48. The minimum atomic E-state index is -3.80. The van der Waals surface area contributed by atoms with E-state index in [9.17, 15) is 23.3 Å². The normalized spacial score (nSPS) is 28.4. The van der Waals surface area contributed by atoms with Crippen molar-refractivity contribution in [2.75, 3.05) is 26.2 Å². The van der Waals surface area contributed by atoms with E-state index in [2.05, 4.69) is 0 Å². The molecule has 0 spiro atoms. The molecule has 1 aliphatic heterocycles. The Kier molecular flexibility index (Phi) is 4.67. The number of carbonyl (C=O) groups excluding carboxylic acids is 1.